The molecule has 1 saturated heterocycles. The third-order valence-corrected chi connectivity index (χ3v) is 7.54. The van der Waals surface area contributed by atoms with Crippen LogP contribution in [0.15, 0.2) is 18.2 Å². The first-order valence-corrected chi connectivity index (χ1v) is 13.9. The van der Waals surface area contributed by atoms with Gasteiger partial charge >= 0.3 is 12.1 Å². The molecule has 40 heavy (non-hydrogen) atoms. The molecule has 0 radical (unpaired) electrons. The highest BCUT2D eigenvalue weighted by molar-refractivity contribution is 5.81. The normalized spacial score (nSPS) is 23.1. The molecule has 0 spiro atoms. The number of nitrogens with zero attached hydrogens (tertiary/aromatic N) is 3. The Kier molecular flexibility index (Phi) is 9.04. The summed E-state index contributed by atoms with van der Waals surface area (Å²) >= 11 is 0. The molecule has 2 heterocycles. The minimum absolute atomic E-state index is 0.0242. The molecule has 2 N–H and O–H groups in total. The molecule has 1 aliphatic heterocycles. The third-order valence-electron chi connectivity index (χ3n) is 7.54. The second-order valence-electron chi connectivity index (χ2n) is 11.9. The molecule has 4 rings (SSSR count). The van der Waals surface area contributed by atoms with Gasteiger partial charge in [-0.25, -0.2) is 19.6 Å². The summed E-state index contributed by atoms with van der Waals surface area (Å²) in [6, 6.07) is 4.98. The van der Waals surface area contributed by atoms with Crippen molar-refractivity contribution in [3.8, 4) is 23.5 Å². The van der Waals surface area contributed by atoms with Gasteiger partial charge in [0, 0.05) is 31.5 Å². The van der Waals surface area contributed by atoms with Crippen molar-refractivity contribution in [3.63, 3.8) is 0 Å². The highest BCUT2D eigenvalue weighted by Crippen LogP contribution is 2.38. The number of rotatable bonds is 9. The molecule has 5 atom stereocenters. The zero-order valence-electron chi connectivity index (χ0n) is 24.2. The molecule has 0 unspecified atom stereocenters. The van der Waals surface area contributed by atoms with Crippen molar-refractivity contribution >= 4 is 23.1 Å². The fourth-order valence-electron chi connectivity index (χ4n) is 4.89. The maximum atomic E-state index is 12.2. The molecule has 10 nitrogen and oxygen atoms in total. The Bertz CT molecular complexity index is 1290. The van der Waals surface area contributed by atoms with Crippen LogP contribution in [0.1, 0.15) is 65.5 Å². The van der Waals surface area contributed by atoms with Crippen molar-refractivity contribution in [1.29, 1.82) is 0 Å². The number of fused-ring (bicyclic) bond motifs is 1. The third kappa shape index (κ3) is 7.54. The number of benzene rings is 1. The van der Waals surface area contributed by atoms with Gasteiger partial charge in [-0.1, -0.05) is 26.7 Å². The van der Waals surface area contributed by atoms with E-state index in [4.69, 9.17) is 24.2 Å². The fraction of sp³-hybridized carbons (Fsp3) is 0.600. The predicted octanol–water partition coefficient (Wildman–Crippen LogP) is 4.25. The largest absolute Gasteiger partial charge is 0.497 e. The van der Waals surface area contributed by atoms with Gasteiger partial charge in [-0.2, -0.15) is 0 Å². The number of methoxy groups -OCH3 is 1. The van der Waals surface area contributed by atoms with Crippen molar-refractivity contribution < 1.29 is 28.9 Å². The van der Waals surface area contributed by atoms with Gasteiger partial charge < -0.3 is 24.6 Å². The number of aromatic nitrogens is 2. The lowest BCUT2D eigenvalue weighted by Gasteiger charge is -2.27. The molecule has 1 amide bonds. The highest BCUT2D eigenvalue weighted by atomic mass is 16.6. The van der Waals surface area contributed by atoms with E-state index >= 15 is 0 Å². The number of amides is 1. The standard InChI is InChI=1S/C30H40N4O6/c1-18-14-21(17-34(18)5)39-27-23(31-22-13-12-20(38-6)16-24(22)32-27)11-9-7-8-10-19-15-25(19)40-29(37)33-26(28(35)36)30(2,3)4/h12-13,16,18-19,21,25-26H,7-8,10,14-15,17H2,1-6H3,(H,33,37)(H,35,36)/t18-,19-,21-,25-,26-/m1/s1. The molecule has 2 fully saturated rings. The van der Waals surface area contributed by atoms with Crippen molar-refractivity contribution in [2.45, 2.75) is 84.1 Å². The molecule has 216 valence electrons. The number of likely N-dealkylation sites (tertiary alicyclic amines) is 1. The molecule has 2 aromatic rings. The Hall–Kier alpha value is -3.58. The number of carbonyl (C=O) groups is 2. The van der Waals surface area contributed by atoms with Gasteiger partial charge in [-0.05, 0) is 62.6 Å². The van der Waals surface area contributed by atoms with Gasteiger partial charge in [0.15, 0.2) is 5.69 Å². The smallest absolute Gasteiger partial charge is 0.408 e. The molecule has 0 bridgehead atoms. The topological polar surface area (TPSA) is 123 Å². The molecule has 1 aromatic carbocycles. The average molecular weight is 553 g/mol. The lowest BCUT2D eigenvalue weighted by Crippen LogP contribution is -2.49. The predicted molar refractivity (Wildman–Crippen MR) is 150 cm³/mol. The first kappa shape index (κ1) is 29.4. The first-order valence-electron chi connectivity index (χ1n) is 13.9. The Balaban J connectivity index is 1.32. The van der Waals surface area contributed by atoms with Gasteiger partial charge in [0.25, 0.3) is 0 Å². The average Bonchev–Trinajstić information content (AvgIpc) is 3.54. The van der Waals surface area contributed by atoms with E-state index in [0.717, 1.165) is 37.7 Å². The molecule has 10 heteroatoms. The Morgan fingerprint density at radius 3 is 2.65 bits per heavy atom. The summed E-state index contributed by atoms with van der Waals surface area (Å²) in [5.74, 6) is 6.72. The van der Waals surface area contributed by atoms with Crippen LogP contribution in [0.2, 0.25) is 0 Å². The number of hydrogen-bond donors (Lipinski definition) is 2. The molecular formula is C30H40N4O6. The molecule has 1 aromatic heterocycles. The number of unbranched alkanes of at least 4 members (excludes halogenated alkanes) is 1. The monoisotopic (exact) mass is 552 g/mol. The van der Waals surface area contributed by atoms with Crippen LogP contribution in [-0.2, 0) is 9.53 Å². The lowest BCUT2D eigenvalue weighted by atomic mass is 9.87. The fourth-order valence-corrected chi connectivity index (χ4v) is 4.89. The Morgan fingerprint density at radius 2 is 2.00 bits per heavy atom. The molecule has 1 aliphatic carbocycles. The van der Waals surface area contributed by atoms with Crippen LogP contribution >= 0.6 is 0 Å². The number of carboxylic acids is 1. The van der Waals surface area contributed by atoms with E-state index in [9.17, 15) is 14.7 Å². The number of carbonyl (C=O) groups excluding carboxylic acids is 1. The van der Waals surface area contributed by atoms with Gasteiger partial charge in [0.05, 0.1) is 18.1 Å². The maximum Gasteiger partial charge on any atom is 0.408 e. The van der Waals surface area contributed by atoms with E-state index in [2.05, 4.69) is 36.0 Å². The number of hydrogen-bond acceptors (Lipinski definition) is 8. The number of likely N-dealkylation sites (N-methyl/N-ethyl adjacent to an activating group) is 1. The number of nitrogens with one attached hydrogen (secondary N) is 1. The summed E-state index contributed by atoms with van der Waals surface area (Å²) in [5.41, 5.74) is 1.32. The minimum atomic E-state index is -1.08. The number of alkyl carbamates (subject to hydrolysis) is 1. The van der Waals surface area contributed by atoms with Gasteiger partial charge in [-0.15, -0.1) is 0 Å². The maximum absolute atomic E-state index is 12.2. The number of carboxylic acid groups (broad SMARTS) is 1. The summed E-state index contributed by atoms with van der Waals surface area (Å²) in [5, 5.41) is 11.9. The van der Waals surface area contributed by atoms with Crippen LogP contribution in [0.25, 0.3) is 11.0 Å². The van der Waals surface area contributed by atoms with E-state index in [1.807, 2.05) is 18.2 Å². The van der Waals surface area contributed by atoms with Gasteiger partial charge in [0.1, 0.15) is 24.0 Å². The van der Waals surface area contributed by atoms with Crippen molar-refractivity contribution in [2.24, 2.45) is 11.3 Å². The Morgan fingerprint density at radius 1 is 1.23 bits per heavy atom. The molecule has 2 aliphatic rings. The van der Waals surface area contributed by atoms with Crippen LogP contribution < -0.4 is 14.8 Å². The van der Waals surface area contributed by atoms with Crippen LogP contribution in [0.3, 0.4) is 0 Å². The zero-order valence-corrected chi connectivity index (χ0v) is 24.2. The second kappa shape index (κ2) is 12.3. The SMILES string of the molecule is COc1ccc2nc(C#CCCC[C@@H]3C[C@H]3OC(=O)N[C@H](C(=O)O)C(C)(C)C)c(O[C@@H]3C[C@@H](C)N(C)C3)nc2c1. The molecular weight excluding hydrogens is 512 g/mol. The van der Waals surface area contributed by atoms with Gasteiger partial charge in [0.2, 0.25) is 5.88 Å². The van der Waals surface area contributed by atoms with Crippen LogP contribution in [0.4, 0.5) is 4.79 Å². The van der Waals surface area contributed by atoms with Crippen molar-refractivity contribution in [3.05, 3.63) is 23.9 Å². The Labute approximate surface area is 235 Å². The molecule has 1 saturated carbocycles. The number of aliphatic carboxylic acids is 1. The van der Waals surface area contributed by atoms with E-state index in [0.29, 0.717) is 35.3 Å². The quantitative estimate of drug-likeness (QED) is 0.347. The summed E-state index contributed by atoms with van der Waals surface area (Å²) in [6.07, 6.45) is 3.22. The lowest BCUT2D eigenvalue weighted by molar-refractivity contribution is -0.142. The summed E-state index contributed by atoms with van der Waals surface area (Å²) in [6.45, 7) is 8.28. The second-order valence-corrected chi connectivity index (χ2v) is 11.9. The summed E-state index contributed by atoms with van der Waals surface area (Å²) in [7, 11) is 3.71. The minimum Gasteiger partial charge on any atom is -0.497 e. The van der Waals surface area contributed by atoms with Crippen LogP contribution in [0.5, 0.6) is 11.6 Å². The highest BCUT2D eigenvalue weighted by Gasteiger charge is 2.41. The van der Waals surface area contributed by atoms with Crippen LogP contribution in [-0.4, -0.2) is 77.0 Å². The number of ether oxygens (including phenoxy) is 3. The van der Waals surface area contributed by atoms with E-state index in [1.54, 1.807) is 27.9 Å². The van der Waals surface area contributed by atoms with Crippen LogP contribution in [0, 0.1) is 23.2 Å². The summed E-state index contributed by atoms with van der Waals surface area (Å²) in [4.78, 5) is 35.4. The van der Waals surface area contributed by atoms with Crippen molar-refractivity contribution in [1.82, 2.24) is 20.2 Å². The van der Waals surface area contributed by atoms with E-state index in [1.165, 1.54) is 0 Å². The van der Waals surface area contributed by atoms with E-state index in [-0.39, 0.29) is 18.1 Å². The first-order chi connectivity index (χ1) is 18.9. The zero-order chi connectivity index (χ0) is 29.0. The van der Waals surface area contributed by atoms with Gasteiger partial charge in [-0.3, -0.25) is 4.90 Å². The van der Waals surface area contributed by atoms with E-state index < -0.39 is 23.5 Å². The van der Waals surface area contributed by atoms with Crippen molar-refractivity contribution in [2.75, 3.05) is 20.7 Å². The summed E-state index contributed by atoms with van der Waals surface area (Å²) < 4.78 is 17.1.